The molecule has 0 bridgehead atoms. The number of anilines is 4. The Balaban J connectivity index is 1.56. The molecule has 0 aliphatic heterocycles. The summed E-state index contributed by atoms with van der Waals surface area (Å²) in [5.74, 6) is 1.34. The number of amides is 1. The van der Waals surface area contributed by atoms with Crippen LogP contribution in [0.4, 0.5) is 23.0 Å². The molecule has 0 atom stereocenters. The fraction of sp³-hybridized carbons (Fsp3) is 0.476. The Kier molecular flexibility index (Phi) is 6.63. The quantitative estimate of drug-likeness (QED) is 0.749. The molecule has 3 rings (SSSR count). The largest absolute Gasteiger partial charge is 0.372 e. The van der Waals surface area contributed by atoms with E-state index in [1.165, 1.54) is 12.1 Å². The van der Waals surface area contributed by atoms with E-state index in [1.807, 2.05) is 18.2 Å². The van der Waals surface area contributed by atoms with Crippen molar-refractivity contribution in [2.24, 2.45) is 5.92 Å². The average molecular weight is 367 g/mol. The Labute approximate surface area is 161 Å². The predicted molar refractivity (Wildman–Crippen MR) is 111 cm³/mol. The predicted octanol–water partition coefficient (Wildman–Crippen LogP) is 4.59. The van der Waals surface area contributed by atoms with Crippen LogP contribution in [0, 0.1) is 5.92 Å². The summed E-state index contributed by atoms with van der Waals surface area (Å²) in [7, 11) is 0. The maximum absolute atomic E-state index is 12.3. The molecule has 0 radical (unpaired) electrons. The summed E-state index contributed by atoms with van der Waals surface area (Å²) < 4.78 is 0. The molecule has 0 unspecified atom stereocenters. The van der Waals surface area contributed by atoms with E-state index < -0.39 is 0 Å². The molecule has 1 fully saturated rings. The lowest BCUT2D eigenvalue weighted by atomic mass is 9.89. The molecule has 6 nitrogen and oxygen atoms in total. The van der Waals surface area contributed by atoms with Gasteiger partial charge < -0.3 is 15.5 Å². The molecule has 0 spiro atoms. The van der Waals surface area contributed by atoms with Gasteiger partial charge in [-0.25, -0.2) is 0 Å². The lowest BCUT2D eigenvalue weighted by Gasteiger charge is -2.21. The van der Waals surface area contributed by atoms with E-state index in [0.29, 0.717) is 11.6 Å². The minimum atomic E-state index is 0.0664. The summed E-state index contributed by atoms with van der Waals surface area (Å²) in [6, 6.07) is 11.9. The normalized spacial score (nSPS) is 14.6. The zero-order valence-electron chi connectivity index (χ0n) is 16.2. The first kappa shape index (κ1) is 19.1. The number of hydrogen-bond acceptors (Lipinski definition) is 5. The molecule has 1 aliphatic rings. The molecule has 27 heavy (non-hydrogen) atoms. The van der Waals surface area contributed by atoms with Crippen molar-refractivity contribution >= 4 is 28.9 Å². The highest BCUT2D eigenvalue weighted by atomic mass is 16.1. The van der Waals surface area contributed by atoms with Crippen LogP contribution in [0.25, 0.3) is 0 Å². The van der Waals surface area contributed by atoms with E-state index in [1.54, 1.807) is 6.07 Å². The Morgan fingerprint density at radius 1 is 0.963 bits per heavy atom. The third kappa shape index (κ3) is 5.18. The second-order valence-electron chi connectivity index (χ2n) is 6.97. The summed E-state index contributed by atoms with van der Waals surface area (Å²) in [6.07, 6.45) is 5.46. The Bertz CT molecular complexity index is 719. The van der Waals surface area contributed by atoms with E-state index in [2.05, 4.69) is 51.7 Å². The smallest absolute Gasteiger partial charge is 0.228 e. The number of benzene rings is 1. The van der Waals surface area contributed by atoms with Gasteiger partial charge >= 0.3 is 0 Å². The minimum Gasteiger partial charge on any atom is -0.372 e. The summed E-state index contributed by atoms with van der Waals surface area (Å²) in [5.41, 5.74) is 2.16. The number of hydrogen-bond donors (Lipinski definition) is 2. The summed E-state index contributed by atoms with van der Waals surface area (Å²) in [6.45, 7) is 6.28. The van der Waals surface area contributed by atoms with Crippen molar-refractivity contribution in [3.8, 4) is 0 Å². The van der Waals surface area contributed by atoms with E-state index >= 15 is 0 Å². The van der Waals surface area contributed by atoms with Gasteiger partial charge in [0.1, 0.15) is 0 Å². The van der Waals surface area contributed by atoms with E-state index in [9.17, 15) is 4.79 Å². The van der Waals surface area contributed by atoms with Crippen LogP contribution >= 0.6 is 0 Å². The second-order valence-corrected chi connectivity index (χ2v) is 6.97. The van der Waals surface area contributed by atoms with Crippen LogP contribution in [-0.2, 0) is 4.79 Å². The van der Waals surface area contributed by atoms with E-state index in [4.69, 9.17) is 0 Å². The van der Waals surface area contributed by atoms with Gasteiger partial charge in [-0.05, 0) is 63.1 Å². The van der Waals surface area contributed by atoms with E-state index in [-0.39, 0.29) is 11.8 Å². The molecule has 144 valence electrons. The third-order valence-electron chi connectivity index (χ3n) is 5.16. The number of aromatic nitrogens is 2. The topological polar surface area (TPSA) is 70.2 Å². The standard InChI is InChI=1S/C21H29N5O/c1-3-26(4-2)18-12-10-17(11-13-18)22-19-14-15-20(25-24-19)23-21(27)16-8-6-5-7-9-16/h10-16H,3-9H2,1-2H3,(H,22,24)(H,23,25,27). The first-order chi connectivity index (χ1) is 13.2. The number of carbonyl (C=O) groups is 1. The summed E-state index contributed by atoms with van der Waals surface area (Å²) >= 11 is 0. The number of nitrogens with one attached hydrogen (secondary N) is 2. The van der Waals surface area contributed by atoms with Gasteiger partial charge in [0.15, 0.2) is 11.6 Å². The molecule has 1 heterocycles. The van der Waals surface area contributed by atoms with Gasteiger partial charge in [0.2, 0.25) is 5.91 Å². The maximum Gasteiger partial charge on any atom is 0.228 e. The van der Waals surface area contributed by atoms with Crippen molar-refractivity contribution in [1.82, 2.24) is 10.2 Å². The van der Waals surface area contributed by atoms with Crippen LogP contribution in [0.5, 0.6) is 0 Å². The third-order valence-corrected chi connectivity index (χ3v) is 5.16. The molecule has 2 N–H and O–H groups in total. The Morgan fingerprint density at radius 2 is 1.59 bits per heavy atom. The van der Waals surface area contributed by atoms with Crippen molar-refractivity contribution in [2.75, 3.05) is 28.6 Å². The van der Waals surface area contributed by atoms with Crippen LogP contribution in [0.15, 0.2) is 36.4 Å². The highest BCUT2D eigenvalue weighted by Crippen LogP contribution is 2.25. The van der Waals surface area contributed by atoms with Crippen molar-refractivity contribution in [3.05, 3.63) is 36.4 Å². The highest BCUT2D eigenvalue weighted by Gasteiger charge is 2.21. The zero-order valence-corrected chi connectivity index (χ0v) is 16.2. The molecule has 6 heteroatoms. The fourth-order valence-electron chi connectivity index (χ4n) is 3.55. The van der Waals surface area contributed by atoms with Gasteiger partial charge in [-0.15, -0.1) is 10.2 Å². The molecular weight excluding hydrogens is 338 g/mol. The second kappa shape index (κ2) is 9.35. The molecule has 1 aromatic carbocycles. The maximum atomic E-state index is 12.3. The lowest BCUT2D eigenvalue weighted by Crippen LogP contribution is -2.25. The number of nitrogens with zero attached hydrogens (tertiary/aromatic N) is 3. The van der Waals surface area contributed by atoms with Crippen LogP contribution in [-0.4, -0.2) is 29.2 Å². The van der Waals surface area contributed by atoms with Gasteiger partial charge in [0.05, 0.1) is 0 Å². The number of rotatable bonds is 7. The molecular formula is C21H29N5O. The van der Waals surface area contributed by atoms with Crippen molar-refractivity contribution < 1.29 is 4.79 Å². The Morgan fingerprint density at radius 3 is 2.19 bits per heavy atom. The van der Waals surface area contributed by atoms with Crippen LogP contribution in [0.2, 0.25) is 0 Å². The molecule has 1 aromatic heterocycles. The molecule has 1 aliphatic carbocycles. The molecule has 1 amide bonds. The van der Waals surface area contributed by atoms with Gasteiger partial charge in [-0.1, -0.05) is 19.3 Å². The number of carbonyl (C=O) groups excluding carboxylic acids is 1. The first-order valence-electron chi connectivity index (χ1n) is 9.96. The highest BCUT2D eigenvalue weighted by molar-refractivity contribution is 5.91. The van der Waals surface area contributed by atoms with Gasteiger partial charge in [0.25, 0.3) is 0 Å². The van der Waals surface area contributed by atoms with Crippen molar-refractivity contribution in [3.63, 3.8) is 0 Å². The van der Waals surface area contributed by atoms with Crippen molar-refractivity contribution in [2.45, 2.75) is 46.0 Å². The van der Waals surface area contributed by atoms with Gasteiger partial charge in [-0.3, -0.25) is 4.79 Å². The van der Waals surface area contributed by atoms with Crippen LogP contribution in [0.1, 0.15) is 46.0 Å². The SMILES string of the molecule is CCN(CC)c1ccc(Nc2ccc(NC(=O)C3CCCCC3)nn2)cc1. The van der Waals surface area contributed by atoms with Crippen LogP contribution < -0.4 is 15.5 Å². The first-order valence-corrected chi connectivity index (χ1v) is 9.96. The molecule has 0 saturated heterocycles. The van der Waals surface area contributed by atoms with Gasteiger partial charge in [-0.2, -0.15) is 0 Å². The van der Waals surface area contributed by atoms with Crippen molar-refractivity contribution in [1.29, 1.82) is 0 Å². The molecule has 1 saturated carbocycles. The Hall–Kier alpha value is -2.63. The zero-order chi connectivity index (χ0) is 19.1. The fourth-order valence-corrected chi connectivity index (χ4v) is 3.55. The van der Waals surface area contributed by atoms with E-state index in [0.717, 1.165) is 44.5 Å². The summed E-state index contributed by atoms with van der Waals surface area (Å²) in [5, 5.41) is 14.4. The molecule has 2 aromatic rings. The lowest BCUT2D eigenvalue weighted by molar-refractivity contribution is -0.120. The minimum absolute atomic E-state index is 0.0664. The monoisotopic (exact) mass is 367 g/mol. The summed E-state index contributed by atoms with van der Waals surface area (Å²) in [4.78, 5) is 14.6. The van der Waals surface area contributed by atoms with Crippen LogP contribution in [0.3, 0.4) is 0 Å². The van der Waals surface area contributed by atoms with Gasteiger partial charge in [0, 0.05) is 30.4 Å². The average Bonchev–Trinajstić information content (AvgIpc) is 2.72.